The average Bonchev–Trinajstić information content (AvgIpc) is 2.82. The fourth-order valence-corrected chi connectivity index (χ4v) is 1.87. The van der Waals surface area contributed by atoms with Gasteiger partial charge in [-0.25, -0.2) is 0 Å². The fourth-order valence-electron chi connectivity index (χ4n) is 1.87. The second kappa shape index (κ2) is 5.53. The normalized spacial score (nSPS) is 19.3. The average molecular weight is 216 g/mol. The minimum atomic E-state index is 0.360. The summed E-state index contributed by atoms with van der Waals surface area (Å²) >= 11 is 0. The lowest BCUT2D eigenvalue weighted by Crippen LogP contribution is -2.18. The van der Waals surface area contributed by atoms with E-state index in [-0.39, 0.29) is 0 Å². The van der Waals surface area contributed by atoms with Crippen LogP contribution in [0.4, 0.5) is 5.69 Å². The van der Waals surface area contributed by atoms with Crippen molar-refractivity contribution in [2.75, 3.05) is 18.5 Å². The van der Waals surface area contributed by atoms with Gasteiger partial charge in [-0.05, 0) is 30.5 Å². The predicted molar refractivity (Wildman–Crippen MR) is 63.2 cm³/mol. The van der Waals surface area contributed by atoms with E-state index in [0.29, 0.717) is 12.5 Å². The number of nitrogens with zero attached hydrogens (tertiary/aromatic N) is 1. The highest BCUT2D eigenvalue weighted by Gasteiger charge is 2.14. The molecule has 1 aliphatic heterocycles. The van der Waals surface area contributed by atoms with Crippen molar-refractivity contribution in [3.05, 3.63) is 29.8 Å². The van der Waals surface area contributed by atoms with Crippen LogP contribution in [0.5, 0.6) is 0 Å². The lowest BCUT2D eigenvalue weighted by Gasteiger charge is -2.11. The van der Waals surface area contributed by atoms with Crippen molar-refractivity contribution in [2.24, 2.45) is 0 Å². The molecule has 1 unspecified atom stereocenters. The summed E-state index contributed by atoms with van der Waals surface area (Å²) in [6, 6.07) is 10.1. The zero-order chi connectivity index (χ0) is 11.2. The number of hydrogen-bond donors (Lipinski definition) is 1. The Morgan fingerprint density at radius 2 is 2.19 bits per heavy atom. The van der Waals surface area contributed by atoms with Gasteiger partial charge >= 0.3 is 0 Å². The summed E-state index contributed by atoms with van der Waals surface area (Å²) in [7, 11) is 0. The first kappa shape index (κ1) is 11.0. The van der Waals surface area contributed by atoms with Crippen LogP contribution < -0.4 is 5.32 Å². The number of nitriles is 1. The molecular formula is C13H16N2O. The van der Waals surface area contributed by atoms with Gasteiger partial charge in [0.2, 0.25) is 0 Å². The maximum Gasteiger partial charge on any atom is 0.0748 e. The molecule has 1 atom stereocenters. The molecule has 1 saturated heterocycles. The lowest BCUT2D eigenvalue weighted by atomic mass is 10.1. The Labute approximate surface area is 96.0 Å². The molecule has 0 bridgehead atoms. The molecule has 0 spiro atoms. The van der Waals surface area contributed by atoms with Gasteiger partial charge < -0.3 is 10.1 Å². The third-order valence-electron chi connectivity index (χ3n) is 2.79. The molecule has 1 fully saturated rings. The zero-order valence-electron chi connectivity index (χ0n) is 9.28. The monoisotopic (exact) mass is 216 g/mol. The van der Waals surface area contributed by atoms with Gasteiger partial charge in [-0.15, -0.1) is 0 Å². The van der Waals surface area contributed by atoms with E-state index in [1.165, 1.54) is 6.42 Å². The molecule has 1 aromatic rings. The van der Waals surface area contributed by atoms with E-state index >= 15 is 0 Å². The van der Waals surface area contributed by atoms with Crippen LogP contribution in [-0.4, -0.2) is 19.3 Å². The number of rotatable bonds is 4. The summed E-state index contributed by atoms with van der Waals surface area (Å²) < 4.78 is 5.53. The molecule has 1 aromatic carbocycles. The molecule has 0 amide bonds. The van der Waals surface area contributed by atoms with Crippen molar-refractivity contribution in [2.45, 2.75) is 25.4 Å². The standard InChI is InChI=1S/C13H16N2O/c14-8-7-11-3-5-12(6-4-11)15-10-13-2-1-9-16-13/h3-6,13,15H,1-2,7,9-10H2. The van der Waals surface area contributed by atoms with Crippen LogP contribution >= 0.6 is 0 Å². The molecule has 0 saturated carbocycles. The van der Waals surface area contributed by atoms with Crippen LogP contribution in [-0.2, 0) is 11.2 Å². The van der Waals surface area contributed by atoms with Gasteiger partial charge in [0.05, 0.1) is 18.6 Å². The first-order valence-corrected chi connectivity index (χ1v) is 5.70. The van der Waals surface area contributed by atoms with Gasteiger partial charge in [0.25, 0.3) is 0 Å². The molecule has 3 heteroatoms. The van der Waals surface area contributed by atoms with Gasteiger partial charge in [-0.1, -0.05) is 12.1 Å². The summed E-state index contributed by atoms with van der Waals surface area (Å²) in [5, 5.41) is 11.9. The molecule has 2 rings (SSSR count). The summed E-state index contributed by atoms with van der Waals surface area (Å²) in [6.07, 6.45) is 3.16. The summed E-state index contributed by atoms with van der Waals surface area (Å²) in [5.41, 5.74) is 2.15. The van der Waals surface area contributed by atoms with E-state index in [9.17, 15) is 0 Å². The van der Waals surface area contributed by atoms with Crippen LogP contribution in [0.2, 0.25) is 0 Å². The maximum absolute atomic E-state index is 8.55. The predicted octanol–water partition coefficient (Wildman–Crippen LogP) is 2.34. The molecule has 0 aliphatic carbocycles. The van der Waals surface area contributed by atoms with E-state index in [4.69, 9.17) is 10.00 Å². The number of anilines is 1. The molecule has 0 aromatic heterocycles. The summed E-state index contributed by atoms with van der Waals surface area (Å²) in [6.45, 7) is 1.77. The van der Waals surface area contributed by atoms with E-state index in [1.54, 1.807) is 0 Å². The number of nitrogens with one attached hydrogen (secondary N) is 1. The second-order valence-electron chi connectivity index (χ2n) is 4.05. The van der Waals surface area contributed by atoms with Crippen molar-refractivity contribution >= 4 is 5.69 Å². The first-order chi connectivity index (χ1) is 7.88. The van der Waals surface area contributed by atoms with Crippen LogP contribution in [0.15, 0.2) is 24.3 Å². The molecule has 1 N–H and O–H groups in total. The van der Waals surface area contributed by atoms with Crippen molar-refractivity contribution in [1.29, 1.82) is 5.26 Å². The third kappa shape index (κ3) is 2.98. The Bertz CT molecular complexity index is 361. The highest BCUT2D eigenvalue weighted by atomic mass is 16.5. The second-order valence-corrected chi connectivity index (χ2v) is 4.05. The number of benzene rings is 1. The van der Waals surface area contributed by atoms with Gasteiger partial charge in [-0.3, -0.25) is 0 Å². The van der Waals surface area contributed by atoms with E-state index in [0.717, 1.165) is 30.8 Å². The topological polar surface area (TPSA) is 45.0 Å². The Balaban J connectivity index is 1.82. The van der Waals surface area contributed by atoms with Crippen LogP contribution in [0.25, 0.3) is 0 Å². The minimum absolute atomic E-state index is 0.360. The largest absolute Gasteiger partial charge is 0.382 e. The van der Waals surface area contributed by atoms with Gasteiger partial charge in [0, 0.05) is 18.8 Å². The molecule has 1 heterocycles. The van der Waals surface area contributed by atoms with Crippen molar-refractivity contribution in [3.8, 4) is 6.07 Å². The van der Waals surface area contributed by atoms with E-state index < -0.39 is 0 Å². The smallest absolute Gasteiger partial charge is 0.0748 e. The summed E-state index contributed by atoms with van der Waals surface area (Å²) in [5.74, 6) is 0. The highest BCUT2D eigenvalue weighted by Crippen LogP contribution is 2.14. The van der Waals surface area contributed by atoms with Crippen LogP contribution in [0, 0.1) is 11.3 Å². The molecule has 1 aliphatic rings. The molecule has 0 radical (unpaired) electrons. The van der Waals surface area contributed by atoms with Gasteiger partial charge in [0.1, 0.15) is 0 Å². The van der Waals surface area contributed by atoms with Crippen molar-refractivity contribution < 1.29 is 4.74 Å². The van der Waals surface area contributed by atoms with Gasteiger partial charge in [-0.2, -0.15) is 5.26 Å². The third-order valence-corrected chi connectivity index (χ3v) is 2.79. The quantitative estimate of drug-likeness (QED) is 0.840. The minimum Gasteiger partial charge on any atom is -0.382 e. The Morgan fingerprint density at radius 3 is 2.81 bits per heavy atom. The van der Waals surface area contributed by atoms with Crippen LogP contribution in [0.3, 0.4) is 0 Å². The van der Waals surface area contributed by atoms with E-state index in [2.05, 4.69) is 11.4 Å². The number of ether oxygens (including phenoxy) is 1. The van der Waals surface area contributed by atoms with Crippen molar-refractivity contribution in [1.82, 2.24) is 0 Å². The Morgan fingerprint density at radius 1 is 1.38 bits per heavy atom. The molecule has 3 nitrogen and oxygen atoms in total. The maximum atomic E-state index is 8.55. The molecular weight excluding hydrogens is 200 g/mol. The Kier molecular flexibility index (Phi) is 3.79. The SMILES string of the molecule is N#CCc1ccc(NCC2CCCO2)cc1. The van der Waals surface area contributed by atoms with E-state index in [1.807, 2.05) is 24.3 Å². The Hall–Kier alpha value is -1.53. The summed E-state index contributed by atoms with van der Waals surface area (Å²) in [4.78, 5) is 0. The van der Waals surface area contributed by atoms with Crippen molar-refractivity contribution in [3.63, 3.8) is 0 Å². The van der Waals surface area contributed by atoms with Gasteiger partial charge in [0.15, 0.2) is 0 Å². The molecule has 16 heavy (non-hydrogen) atoms. The molecule has 84 valence electrons. The zero-order valence-corrected chi connectivity index (χ0v) is 9.28. The number of hydrogen-bond acceptors (Lipinski definition) is 3. The highest BCUT2D eigenvalue weighted by molar-refractivity contribution is 5.45. The first-order valence-electron chi connectivity index (χ1n) is 5.70. The fraction of sp³-hybridized carbons (Fsp3) is 0.462. The lowest BCUT2D eigenvalue weighted by molar-refractivity contribution is 0.120. The van der Waals surface area contributed by atoms with Crippen LogP contribution in [0.1, 0.15) is 18.4 Å².